The molecule has 0 saturated carbocycles. The van der Waals surface area contributed by atoms with Crippen molar-refractivity contribution < 1.29 is 4.92 Å². The molecule has 2 rings (SSSR count). The Labute approximate surface area is 122 Å². The fourth-order valence-corrected chi connectivity index (χ4v) is 3.40. The Hall–Kier alpha value is -1.10. The number of nitrogens with zero attached hydrogens (tertiary/aromatic N) is 2. The number of hydrogen-bond acceptors (Lipinski definition) is 3. The summed E-state index contributed by atoms with van der Waals surface area (Å²) in [7, 11) is 0. The second kappa shape index (κ2) is 5.90. The molecule has 1 aliphatic rings. The van der Waals surface area contributed by atoms with Gasteiger partial charge in [0.05, 0.1) is 4.92 Å². The van der Waals surface area contributed by atoms with Crippen LogP contribution in [0.15, 0.2) is 18.2 Å². The van der Waals surface area contributed by atoms with E-state index in [1.165, 1.54) is 12.8 Å². The molecule has 0 N–H and O–H groups in total. The van der Waals surface area contributed by atoms with Gasteiger partial charge in [-0.2, -0.15) is 0 Å². The van der Waals surface area contributed by atoms with Crippen molar-refractivity contribution in [3.8, 4) is 0 Å². The standard InChI is InChI=1S/C14H19BrN2O2/c1-3-12-5-4-10(2)16(12)13-6-7-14(17(18)19)11(8-13)9-15/h6-8,10,12H,3-5,9H2,1-2H3. The lowest BCUT2D eigenvalue weighted by Gasteiger charge is -2.30. The summed E-state index contributed by atoms with van der Waals surface area (Å²) in [5.74, 6) is 0. The van der Waals surface area contributed by atoms with E-state index in [4.69, 9.17) is 0 Å². The first-order valence-corrected chi connectivity index (χ1v) is 7.82. The number of rotatable bonds is 4. The van der Waals surface area contributed by atoms with Gasteiger partial charge < -0.3 is 4.90 Å². The minimum absolute atomic E-state index is 0.195. The number of hydrogen-bond donors (Lipinski definition) is 0. The maximum absolute atomic E-state index is 11.0. The van der Waals surface area contributed by atoms with Gasteiger partial charge in [-0.3, -0.25) is 10.1 Å². The summed E-state index contributed by atoms with van der Waals surface area (Å²) in [6, 6.07) is 6.53. The molecule has 4 nitrogen and oxygen atoms in total. The first-order valence-electron chi connectivity index (χ1n) is 6.70. The van der Waals surface area contributed by atoms with Crippen LogP contribution < -0.4 is 4.90 Å². The van der Waals surface area contributed by atoms with Crippen LogP contribution in [0.3, 0.4) is 0 Å². The van der Waals surface area contributed by atoms with Gasteiger partial charge in [0.25, 0.3) is 5.69 Å². The molecule has 0 aliphatic carbocycles. The average Bonchev–Trinajstić information content (AvgIpc) is 2.78. The highest BCUT2D eigenvalue weighted by Crippen LogP contribution is 2.34. The molecule has 0 bridgehead atoms. The molecule has 2 atom stereocenters. The lowest BCUT2D eigenvalue weighted by Crippen LogP contribution is -2.34. The van der Waals surface area contributed by atoms with E-state index in [0.29, 0.717) is 17.4 Å². The van der Waals surface area contributed by atoms with Crippen LogP contribution in [0.1, 0.15) is 38.7 Å². The zero-order chi connectivity index (χ0) is 14.0. The van der Waals surface area contributed by atoms with Crippen LogP contribution in [0.4, 0.5) is 11.4 Å². The molecule has 1 aliphatic heterocycles. The fourth-order valence-electron chi connectivity index (χ4n) is 2.96. The number of nitro groups is 1. The van der Waals surface area contributed by atoms with Crippen LogP contribution in [0.2, 0.25) is 0 Å². The van der Waals surface area contributed by atoms with E-state index in [9.17, 15) is 10.1 Å². The van der Waals surface area contributed by atoms with Crippen LogP contribution in [0.5, 0.6) is 0 Å². The van der Waals surface area contributed by atoms with E-state index >= 15 is 0 Å². The molecule has 5 heteroatoms. The van der Waals surface area contributed by atoms with Crippen molar-refractivity contribution in [2.24, 2.45) is 0 Å². The molecule has 104 valence electrons. The van der Waals surface area contributed by atoms with E-state index in [1.807, 2.05) is 12.1 Å². The number of alkyl halides is 1. The highest BCUT2D eigenvalue weighted by atomic mass is 79.9. The highest BCUT2D eigenvalue weighted by molar-refractivity contribution is 9.08. The molecule has 0 amide bonds. The van der Waals surface area contributed by atoms with Crippen molar-refractivity contribution in [3.63, 3.8) is 0 Å². The Morgan fingerprint density at radius 3 is 2.79 bits per heavy atom. The molecule has 1 saturated heterocycles. The van der Waals surface area contributed by atoms with Gasteiger partial charge in [-0.1, -0.05) is 22.9 Å². The molecule has 0 radical (unpaired) electrons. The van der Waals surface area contributed by atoms with Crippen molar-refractivity contribution in [1.29, 1.82) is 0 Å². The smallest absolute Gasteiger partial charge is 0.273 e. The predicted molar refractivity (Wildman–Crippen MR) is 81.0 cm³/mol. The van der Waals surface area contributed by atoms with Gasteiger partial charge in [-0.05, 0) is 38.3 Å². The molecular weight excluding hydrogens is 308 g/mol. The van der Waals surface area contributed by atoms with E-state index in [0.717, 1.165) is 17.7 Å². The Balaban J connectivity index is 2.37. The molecule has 1 fully saturated rings. The topological polar surface area (TPSA) is 46.4 Å². The largest absolute Gasteiger partial charge is 0.366 e. The molecular formula is C14H19BrN2O2. The van der Waals surface area contributed by atoms with Crippen LogP contribution >= 0.6 is 15.9 Å². The SMILES string of the molecule is CCC1CCC(C)N1c1ccc([N+](=O)[O-])c(CBr)c1. The Kier molecular flexibility index (Phi) is 4.45. The minimum Gasteiger partial charge on any atom is -0.366 e. The zero-order valence-corrected chi connectivity index (χ0v) is 12.9. The van der Waals surface area contributed by atoms with Gasteiger partial charge in [0.2, 0.25) is 0 Å². The summed E-state index contributed by atoms with van der Waals surface area (Å²) in [5, 5.41) is 11.5. The second-order valence-corrected chi connectivity index (χ2v) is 5.66. The van der Waals surface area contributed by atoms with Gasteiger partial charge in [0.15, 0.2) is 0 Å². The lowest BCUT2D eigenvalue weighted by molar-refractivity contribution is -0.385. The summed E-state index contributed by atoms with van der Waals surface area (Å²) >= 11 is 3.34. The van der Waals surface area contributed by atoms with Gasteiger partial charge in [0, 0.05) is 34.7 Å². The van der Waals surface area contributed by atoms with Crippen LogP contribution in [-0.2, 0) is 5.33 Å². The highest BCUT2D eigenvalue weighted by Gasteiger charge is 2.30. The van der Waals surface area contributed by atoms with Gasteiger partial charge in [0.1, 0.15) is 0 Å². The lowest BCUT2D eigenvalue weighted by atomic mass is 10.1. The van der Waals surface area contributed by atoms with Crippen molar-refractivity contribution in [2.75, 3.05) is 4.90 Å². The Morgan fingerprint density at radius 2 is 2.21 bits per heavy atom. The van der Waals surface area contributed by atoms with Crippen molar-refractivity contribution >= 4 is 27.3 Å². The second-order valence-electron chi connectivity index (χ2n) is 5.10. The summed E-state index contributed by atoms with van der Waals surface area (Å²) in [6.45, 7) is 4.43. The van der Waals surface area contributed by atoms with E-state index in [2.05, 4.69) is 34.7 Å². The molecule has 1 aromatic carbocycles. The van der Waals surface area contributed by atoms with Crippen LogP contribution in [0, 0.1) is 10.1 Å². The summed E-state index contributed by atoms with van der Waals surface area (Å²) in [6.07, 6.45) is 3.52. The third-order valence-electron chi connectivity index (χ3n) is 3.96. The predicted octanol–water partition coefficient (Wildman–Crippen LogP) is 4.26. The fraction of sp³-hybridized carbons (Fsp3) is 0.571. The van der Waals surface area contributed by atoms with Gasteiger partial charge in [-0.25, -0.2) is 0 Å². The molecule has 0 aromatic heterocycles. The third kappa shape index (κ3) is 2.76. The maximum atomic E-state index is 11.0. The quantitative estimate of drug-likeness (QED) is 0.472. The molecule has 2 unspecified atom stereocenters. The maximum Gasteiger partial charge on any atom is 0.273 e. The average molecular weight is 327 g/mol. The third-order valence-corrected chi connectivity index (χ3v) is 4.56. The Bertz CT molecular complexity index is 479. The van der Waals surface area contributed by atoms with Crippen LogP contribution in [0.25, 0.3) is 0 Å². The number of benzene rings is 1. The van der Waals surface area contributed by atoms with E-state index in [1.54, 1.807) is 6.07 Å². The Morgan fingerprint density at radius 1 is 1.47 bits per heavy atom. The van der Waals surface area contributed by atoms with Crippen molar-refractivity contribution in [1.82, 2.24) is 0 Å². The van der Waals surface area contributed by atoms with Crippen molar-refractivity contribution in [3.05, 3.63) is 33.9 Å². The molecule has 1 heterocycles. The monoisotopic (exact) mass is 326 g/mol. The van der Waals surface area contributed by atoms with Gasteiger partial charge >= 0.3 is 0 Å². The van der Waals surface area contributed by atoms with Gasteiger partial charge in [-0.15, -0.1) is 0 Å². The van der Waals surface area contributed by atoms with Crippen LogP contribution in [-0.4, -0.2) is 17.0 Å². The first kappa shape index (κ1) is 14.3. The molecule has 0 spiro atoms. The summed E-state index contributed by atoms with van der Waals surface area (Å²) in [4.78, 5) is 13.1. The number of anilines is 1. The first-order chi connectivity index (χ1) is 9.08. The molecule has 1 aromatic rings. The van der Waals surface area contributed by atoms with Crippen molar-refractivity contribution in [2.45, 2.75) is 50.5 Å². The van der Waals surface area contributed by atoms with E-state index < -0.39 is 0 Å². The summed E-state index contributed by atoms with van der Waals surface area (Å²) < 4.78 is 0. The number of nitro benzene ring substituents is 1. The molecule has 19 heavy (non-hydrogen) atoms. The number of halogens is 1. The minimum atomic E-state index is -0.314. The zero-order valence-electron chi connectivity index (χ0n) is 11.3. The van der Waals surface area contributed by atoms with E-state index in [-0.39, 0.29) is 10.6 Å². The summed E-state index contributed by atoms with van der Waals surface area (Å²) in [5.41, 5.74) is 2.05. The normalized spacial score (nSPS) is 22.8.